The number of guanidine groups is 1. The lowest BCUT2D eigenvalue weighted by Gasteiger charge is -2.13. The summed E-state index contributed by atoms with van der Waals surface area (Å²) >= 11 is 0. The first kappa shape index (κ1) is 20.3. The van der Waals surface area contributed by atoms with E-state index in [4.69, 9.17) is 4.74 Å². The molecular weight excluding hydrogens is 300 g/mol. The van der Waals surface area contributed by atoms with Crippen LogP contribution in [0.15, 0.2) is 29.3 Å². The topological polar surface area (TPSA) is 48.9 Å². The molecular formula is C19H34N4O. The summed E-state index contributed by atoms with van der Waals surface area (Å²) in [5, 5.41) is 6.68. The van der Waals surface area contributed by atoms with E-state index in [1.807, 2.05) is 26.2 Å². The molecule has 0 aromatic heterocycles. The Kier molecular flexibility index (Phi) is 9.92. The smallest absolute Gasteiger partial charge is 0.191 e. The van der Waals surface area contributed by atoms with E-state index < -0.39 is 0 Å². The molecule has 1 aromatic carbocycles. The molecule has 0 heterocycles. The Balaban J connectivity index is 2.54. The molecule has 2 N–H and O–H groups in total. The van der Waals surface area contributed by atoms with Gasteiger partial charge in [0.15, 0.2) is 5.96 Å². The highest BCUT2D eigenvalue weighted by Crippen LogP contribution is 2.14. The molecule has 1 aromatic rings. The van der Waals surface area contributed by atoms with Gasteiger partial charge in [-0.25, -0.2) is 4.99 Å². The zero-order valence-electron chi connectivity index (χ0n) is 15.9. The number of aliphatic imine (C=N–C) groups is 1. The Morgan fingerprint density at radius 1 is 1.25 bits per heavy atom. The van der Waals surface area contributed by atoms with Crippen molar-refractivity contribution in [3.63, 3.8) is 0 Å². The van der Waals surface area contributed by atoms with E-state index in [1.165, 1.54) is 0 Å². The SMILES string of the molecule is CCNC(=NCc1cccc(OCCN(C)C)c1)NCCC(C)C. The van der Waals surface area contributed by atoms with Gasteiger partial charge >= 0.3 is 0 Å². The van der Waals surface area contributed by atoms with Gasteiger partial charge in [-0.2, -0.15) is 0 Å². The number of hydrogen-bond donors (Lipinski definition) is 2. The van der Waals surface area contributed by atoms with Crippen LogP contribution in [0.4, 0.5) is 0 Å². The van der Waals surface area contributed by atoms with Gasteiger partial charge in [0.05, 0.1) is 6.54 Å². The maximum Gasteiger partial charge on any atom is 0.191 e. The summed E-state index contributed by atoms with van der Waals surface area (Å²) in [5.41, 5.74) is 1.15. The zero-order valence-corrected chi connectivity index (χ0v) is 15.9. The summed E-state index contributed by atoms with van der Waals surface area (Å²) in [7, 11) is 4.09. The van der Waals surface area contributed by atoms with Crippen LogP contribution < -0.4 is 15.4 Å². The third-order valence-corrected chi connectivity index (χ3v) is 3.48. The Labute approximate surface area is 147 Å². The molecule has 0 aliphatic rings. The second kappa shape index (κ2) is 11.7. The lowest BCUT2D eigenvalue weighted by molar-refractivity contribution is 0.261. The summed E-state index contributed by atoms with van der Waals surface area (Å²) in [6, 6.07) is 8.17. The third kappa shape index (κ3) is 9.40. The fourth-order valence-corrected chi connectivity index (χ4v) is 2.07. The number of ether oxygens (including phenoxy) is 1. The number of nitrogens with zero attached hydrogens (tertiary/aromatic N) is 2. The molecule has 0 fully saturated rings. The van der Waals surface area contributed by atoms with Crippen molar-refractivity contribution in [2.75, 3.05) is 40.3 Å². The number of benzene rings is 1. The minimum absolute atomic E-state index is 0.641. The zero-order chi connectivity index (χ0) is 17.8. The van der Waals surface area contributed by atoms with Crippen molar-refractivity contribution >= 4 is 5.96 Å². The first-order valence-corrected chi connectivity index (χ1v) is 8.90. The summed E-state index contributed by atoms with van der Waals surface area (Å²) in [5.74, 6) is 2.47. The van der Waals surface area contributed by atoms with Crippen LogP contribution in [-0.2, 0) is 6.54 Å². The van der Waals surface area contributed by atoms with Gasteiger partial charge in [-0.3, -0.25) is 0 Å². The molecule has 0 radical (unpaired) electrons. The van der Waals surface area contributed by atoms with Crippen LogP contribution in [0, 0.1) is 5.92 Å². The van der Waals surface area contributed by atoms with Crippen LogP contribution in [0.25, 0.3) is 0 Å². The molecule has 5 heteroatoms. The van der Waals surface area contributed by atoms with Crippen molar-refractivity contribution in [1.29, 1.82) is 0 Å². The van der Waals surface area contributed by atoms with Crippen LogP contribution in [0.5, 0.6) is 5.75 Å². The van der Waals surface area contributed by atoms with Crippen LogP contribution in [0.1, 0.15) is 32.8 Å². The molecule has 0 bridgehead atoms. The Bertz CT molecular complexity index is 486. The lowest BCUT2D eigenvalue weighted by Crippen LogP contribution is -2.38. The number of rotatable bonds is 10. The van der Waals surface area contributed by atoms with E-state index in [1.54, 1.807) is 0 Å². The fourth-order valence-electron chi connectivity index (χ4n) is 2.07. The molecule has 0 aliphatic carbocycles. The first-order valence-electron chi connectivity index (χ1n) is 8.90. The van der Waals surface area contributed by atoms with Crippen molar-refractivity contribution in [2.45, 2.75) is 33.7 Å². The highest BCUT2D eigenvalue weighted by molar-refractivity contribution is 5.79. The van der Waals surface area contributed by atoms with E-state index >= 15 is 0 Å². The monoisotopic (exact) mass is 334 g/mol. The quantitative estimate of drug-likeness (QED) is 0.510. The molecule has 0 saturated heterocycles. The number of nitrogens with one attached hydrogen (secondary N) is 2. The predicted octanol–water partition coefficient (Wildman–Crippen LogP) is 2.73. The fraction of sp³-hybridized carbons (Fsp3) is 0.632. The van der Waals surface area contributed by atoms with Gasteiger partial charge in [0, 0.05) is 19.6 Å². The Morgan fingerprint density at radius 2 is 2.04 bits per heavy atom. The lowest BCUT2D eigenvalue weighted by atomic mass is 10.1. The van der Waals surface area contributed by atoms with Crippen LogP contribution in [-0.4, -0.2) is 51.2 Å². The second-order valence-corrected chi connectivity index (χ2v) is 6.60. The van der Waals surface area contributed by atoms with E-state index in [0.717, 1.165) is 43.3 Å². The first-order chi connectivity index (χ1) is 11.5. The summed E-state index contributed by atoms with van der Waals surface area (Å²) in [6.45, 7) is 10.6. The normalized spacial score (nSPS) is 11.9. The van der Waals surface area contributed by atoms with Crippen molar-refractivity contribution in [3.8, 4) is 5.75 Å². The summed E-state index contributed by atoms with van der Waals surface area (Å²) in [6.07, 6.45) is 1.14. The Hall–Kier alpha value is -1.75. The molecule has 0 amide bonds. The minimum Gasteiger partial charge on any atom is -0.492 e. The number of hydrogen-bond acceptors (Lipinski definition) is 3. The largest absolute Gasteiger partial charge is 0.492 e. The third-order valence-electron chi connectivity index (χ3n) is 3.48. The van der Waals surface area contributed by atoms with Gasteiger partial charge in [0.25, 0.3) is 0 Å². The molecule has 24 heavy (non-hydrogen) atoms. The molecule has 0 atom stereocenters. The maximum absolute atomic E-state index is 5.78. The maximum atomic E-state index is 5.78. The van der Waals surface area contributed by atoms with Gasteiger partial charge < -0.3 is 20.3 Å². The average molecular weight is 335 g/mol. The van der Waals surface area contributed by atoms with Gasteiger partial charge in [-0.1, -0.05) is 26.0 Å². The van der Waals surface area contributed by atoms with Gasteiger partial charge in [-0.05, 0) is 51.1 Å². The summed E-state index contributed by atoms with van der Waals surface area (Å²) in [4.78, 5) is 6.77. The van der Waals surface area contributed by atoms with Crippen LogP contribution >= 0.6 is 0 Å². The minimum atomic E-state index is 0.641. The molecule has 0 unspecified atom stereocenters. The predicted molar refractivity (Wildman–Crippen MR) is 103 cm³/mol. The summed E-state index contributed by atoms with van der Waals surface area (Å²) < 4.78 is 5.78. The van der Waals surface area contributed by atoms with Crippen molar-refractivity contribution in [2.24, 2.45) is 10.9 Å². The second-order valence-electron chi connectivity index (χ2n) is 6.60. The van der Waals surface area contributed by atoms with Crippen molar-refractivity contribution in [1.82, 2.24) is 15.5 Å². The molecule has 5 nitrogen and oxygen atoms in total. The Morgan fingerprint density at radius 3 is 2.71 bits per heavy atom. The van der Waals surface area contributed by atoms with E-state index in [2.05, 4.69) is 53.4 Å². The molecule has 136 valence electrons. The highest BCUT2D eigenvalue weighted by Gasteiger charge is 2.01. The molecule has 1 rings (SSSR count). The van der Waals surface area contributed by atoms with Crippen molar-refractivity contribution in [3.05, 3.63) is 29.8 Å². The average Bonchev–Trinajstić information content (AvgIpc) is 2.52. The van der Waals surface area contributed by atoms with E-state index in [-0.39, 0.29) is 0 Å². The molecule has 0 aliphatic heterocycles. The molecule has 0 saturated carbocycles. The van der Waals surface area contributed by atoms with Crippen LogP contribution in [0.2, 0.25) is 0 Å². The van der Waals surface area contributed by atoms with Gasteiger partial charge in [0.1, 0.15) is 12.4 Å². The number of likely N-dealkylation sites (N-methyl/N-ethyl adjacent to an activating group) is 1. The highest BCUT2D eigenvalue weighted by atomic mass is 16.5. The van der Waals surface area contributed by atoms with Gasteiger partial charge in [0.2, 0.25) is 0 Å². The molecule has 0 spiro atoms. The van der Waals surface area contributed by atoms with Crippen LogP contribution in [0.3, 0.4) is 0 Å². The van der Waals surface area contributed by atoms with E-state index in [9.17, 15) is 0 Å². The van der Waals surface area contributed by atoms with Crippen molar-refractivity contribution < 1.29 is 4.74 Å². The van der Waals surface area contributed by atoms with Gasteiger partial charge in [-0.15, -0.1) is 0 Å². The van der Waals surface area contributed by atoms with E-state index in [0.29, 0.717) is 19.1 Å². The standard InChI is InChI=1S/C19H34N4O/c1-6-20-19(21-11-10-16(2)3)22-15-17-8-7-9-18(14-17)24-13-12-23(4)5/h7-9,14,16H,6,10-13,15H2,1-5H3,(H2,20,21,22).